The highest BCUT2D eigenvalue weighted by Gasteiger charge is 2.34. The highest BCUT2D eigenvalue weighted by atomic mass is 19.4. The van der Waals surface area contributed by atoms with Gasteiger partial charge in [-0.15, -0.1) is 0 Å². The van der Waals surface area contributed by atoms with Crippen LogP contribution in [0.25, 0.3) is 0 Å². The number of rotatable bonds is 5. The molecule has 0 spiro atoms. The van der Waals surface area contributed by atoms with Gasteiger partial charge in [0, 0.05) is 26.4 Å². The van der Waals surface area contributed by atoms with Crippen molar-refractivity contribution < 1.29 is 18.0 Å². The molecule has 0 unspecified atom stereocenters. The van der Waals surface area contributed by atoms with Gasteiger partial charge in [0.15, 0.2) is 0 Å². The summed E-state index contributed by atoms with van der Waals surface area (Å²) < 4.78 is 42.2. The largest absolute Gasteiger partial charge is 0.419 e. The summed E-state index contributed by atoms with van der Waals surface area (Å²) in [5.74, 6) is -0.214. The van der Waals surface area contributed by atoms with Gasteiger partial charge in [0.2, 0.25) is 0 Å². The molecule has 0 saturated carbocycles. The highest BCUT2D eigenvalue weighted by Crippen LogP contribution is 2.37. The van der Waals surface area contributed by atoms with E-state index < -0.39 is 17.6 Å². The van der Waals surface area contributed by atoms with Crippen molar-refractivity contribution in [1.29, 1.82) is 0 Å². The average molecular weight is 404 g/mol. The molecule has 3 N–H and O–H groups in total. The first-order valence-electron chi connectivity index (χ1n) is 8.61. The second kappa shape index (κ2) is 7.82. The third-order valence-electron chi connectivity index (χ3n) is 4.38. The number of pyridine rings is 1. The van der Waals surface area contributed by atoms with E-state index >= 15 is 0 Å². The van der Waals surface area contributed by atoms with E-state index in [2.05, 4.69) is 26.0 Å². The molecule has 1 aromatic carbocycles. The molecule has 3 rings (SSSR count). The maximum atomic E-state index is 13.5. The fourth-order valence-corrected chi connectivity index (χ4v) is 2.68. The molecule has 0 aliphatic carbocycles. The molecule has 2 heterocycles. The van der Waals surface area contributed by atoms with Crippen LogP contribution >= 0.6 is 0 Å². The minimum Gasteiger partial charge on any atom is -0.355 e. The number of halogens is 3. The summed E-state index contributed by atoms with van der Waals surface area (Å²) in [6.07, 6.45) is -2.32. The Hall–Kier alpha value is -3.56. The monoisotopic (exact) mass is 404 g/mol. The van der Waals surface area contributed by atoms with Crippen molar-refractivity contribution in [1.82, 2.24) is 20.1 Å². The molecule has 0 fully saturated rings. The molecular weight excluding hydrogens is 385 g/mol. The maximum Gasteiger partial charge on any atom is 0.419 e. The maximum absolute atomic E-state index is 13.5. The summed E-state index contributed by atoms with van der Waals surface area (Å²) in [5.41, 5.74) is 0.706. The van der Waals surface area contributed by atoms with Gasteiger partial charge in [0.25, 0.3) is 5.91 Å². The Bertz CT molecular complexity index is 1040. The second-order valence-corrected chi connectivity index (χ2v) is 6.25. The van der Waals surface area contributed by atoms with Gasteiger partial charge in [-0.05, 0) is 19.1 Å². The number of carbonyl (C=O) groups excluding carboxylic acids is 1. The number of hydrogen-bond acceptors (Lipinski definition) is 5. The van der Waals surface area contributed by atoms with E-state index in [0.717, 1.165) is 11.9 Å². The Kier molecular flexibility index (Phi) is 5.44. The zero-order chi connectivity index (χ0) is 21.2. The smallest absolute Gasteiger partial charge is 0.355 e. The first-order valence-corrected chi connectivity index (χ1v) is 8.61. The number of nitrogens with one attached hydrogen (secondary N) is 3. The molecule has 0 radical (unpaired) electrons. The Labute approximate surface area is 165 Å². The van der Waals surface area contributed by atoms with Crippen LogP contribution in [0.4, 0.5) is 36.1 Å². The number of amides is 1. The molecule has 1 amide bonds. The molecule has 7 nitrogen and oxygen atoms in total. The third kappa shape index (κ3) is 4.31. The van der Waals surface area contributed by atoms with Gasteiger partial charge in [-0.1, -0.05) is 12.1 Å². The van der Waals surface area contributed by atoms with E-state index in [1.54, 1.807) is 30.1 Å². The lowest BCUT2D eigenvalue weighted by molar-refractivity contribution is -0.137. The quantitative estimate of drug-likeness (QED) is 0.599. The lowest BCUT2D eigenvalue weighted by atomic mass is 10.1. The molecule has 0 aliphatic rings. The number of para-hydroxylation sites is 1. The van der Waals surface area contributed by atoms with Crippen LogP contribution in [0.5, 0.6) is 0 Å². The van der Waals surface area contributed by atoms with Crippen LogP contribution in [-0.4, -0.2) is 27.7 Å². The van der Waals surface area contributed by atoms with Crippen molar-refractivity contribution >= 4 is 28.8 Å². The number of anilines is 4. The van der Waals surface area contributed by atoms with Crippen LogP contribution in [0.15, 0.2) is 42.7 Å². The molecule has 0 aliphatic heterocycles. The minimum atomic E-state index is -4.62. The van der Waals surface area contributed by atoms with Crippen molar-refractivity contribution in [2.45, 2.75) is 13.1 Å². The van der Waals surface area contributed by atoms with Crippen molar-refractivity contribution in [3.05, 3.63) is 59.5 Å². The van der Waals surface area contributed by atoms with Crippen LogP contribution in [0, 0.1) is 6.92 Å². The normalized spacial score (nSPS) is 11.2. The summed E-state index contributed by atoms with van der Waals surface area (Å²) in [7, 11) is 3.20. The molecule has 0 saturated heterocycles. The van der Waals surface area contributed by atoms with Crippen molar-refractivity contribution in [2.24, 2.45) is 7.05 Å². The number of hydrogen-bond donors (Lipinski definition) is 3. The van der Waals surface area contributed by atoms with Crippen LogP contribution < -0.4 is 16.0 Å². The summed E-state index contributed by atoms with van der Waals surface area (Å²) in [6, 6.07) is 7.56. The topological polar surface area (TPSA) is 83.9 Å². The summed E-state index contributed by atoms with van der Waals surface area (Å²) >= 11 is 0. The van der Waals surface area contributed by atoms with Crippen molar-refractivity contribution in [2.75, 3.05) is 17.7 Å². The SMILES string of the molecule is CNC(=O)c1ccccc1Nc1cc(Nc2cnn(C)c2C)ncc1C(F)(F)F. The van der Waals surface area contributed by atoms with Gasteiger partial charge in [-0.25, -0.2) is 4.98 Å². The molecule has 10 heteroatoms. The van der Waals surface area contributed by atoms with Gasteiger partial charge in [-0.3, -0.25) is 9.48 Å². The third-order valence-corrected chi connectivity index (χ3v) is 4.38. The lowest BCUT2D eigenvalue weighted by Crippen LogP contribution is -2.19. The van der Waals surface area contributed by atoms with E-state index in [4.69, 9.17) is 0 Å². The fraction of sp³-hybridized carbons (Fsp3) is 0.211. The van der Waals surface area contributed by atoms with Crippen LogP contribution in [0.1, 0.15) is 21.6 Å². The van der Waals surface area contributed by atoms with Crippen LogP contribution in [-0.2, 0) is 13.2 Å². The number of alkyl halides is 3. The van der Waals surface area contributed by atoms with Crippen molar-refractivity contribution in [3.8, 4) is 0 Å². The number of nitrogens with zero attached hydrogens (tertiary/aromatic N) is 3. The average Bonchev–Trinajstić information content (AvgIpc) is 2.99. The predicted molar refractivity (Wildman–Crippen MR) is 104 cm³/mol. The minimum absolute atomic E-state index is 0.203. The summed E-state index contributed by atoms with van der Waals surface area (Å²) in [4.78, 5) is 15.9. The first kappa shape index (κ1) is 20.2. The van der Waals surface area contributed by atoms with Gasteiger partial charge >= 0.3 is 6.18 Å². The summed E-state index contributed by atoms with van der Waals surface area (Å²) in [5, 5.41) is 12.2. The predicted octanol–water partition coefficient (Wildman–Crippen LogP) is 3.99. The first-order chi connectivity index (χ1) is 13.7. The Morgan fingerprint density at radius 1 is 1.07 bits per heavy atom. The zero-order valence-electron chi connectivity index (χ0n) is 15.9. The molecule has 2 aromatic heterocycles. The highest BCUT2D eigenvalue weighted by molar-refractivity contribution is 6.00. The van der Waals surface area contributed by atoms with Gasteiger partial charge in [0.1, 0.15) is 5.82 Å². The second-order valence-electron chi connectivity index (χ2n) is 6.25. The van der Waals surface area contributed by atoms with E-state index in [-0.39, 0.29) is 22.8 Å². The molecule has 3 aromatic rings. The number of benzene rings is 1. The van der Waals surface area contributed by atoms with Gasteiger partial charge < -0.3 is 16.0 Å². The standard InChI is InChI=1S/C19H19F3N6O/c1-11-16(10-25-28(11)3)27-17-8-15(13(9-24-17)19(20,21)22)26-14-7-5-4-6-12(14)18(29)23-2/h4-10H,1-3H3,(H,23,29)(H2,24,26,27). The Balaban J connectivity index is 2.02. The molecule has 29 heavy (non-hydrogen) atoms. The molecule has 152 valence electrons. The van der Waals surface area contributed by atoms with Crippen LogP contribution in [0.3, 0.4) is 0 Å². The summed E-state index contributed by atoms with van der Waals surface area (Å²) in [6.45, 7) is 1.82. The number of aromatic nitrogens is 3. The van der Waals surface area contributed by atoms with Gasteiger partial charge in [0.05, 0.1) is 40.1 Å². The fourth-order valence-electron chi connectivity index (χ4n) is 2.68. The molecule has 0 bridgehead atoms. The van der Waals surface area contributed by atoms with Crippen LogP contribution in [0.2, 0.25) is 0 Å². The van der Waals surface area contributed by atoms with Crippen molar-refractivity contribution in [3.63, 3.8) is 0 Å². The number of aryl methyl sites for hydroxylation is 1. The Morgan fingerprint density at radius 2 is 1.79 bits per heavy atom. The Morgan fingerprint density at radius 3 is 2.41 bits per heavy atom. The van der Waals surface area contributed by atoms with E-state index in [1.165, 1.54) is 25.2 Å². The van der Waals surface area contributed by atoms with E-state index in [1.807, 2.05) is 6.92 Å². The lowest BCUT2D eigenvalue weighted by Gasteiger charge is -2.17. The van der Waals surface area contributed by atoms with E-state index in [0.29, 0.717) is 5.69 Å². The molecular formula is C19H19F3N6O. The van der Waals surface area contributed by atoms with Gasteiger partial charge in [-0.2, -0.15) is 18.3 Å². The number of carbonyl (C=O) groups is 1. The zero-order valence-corrected chi connectivity index (χ0v) is 15.9. The molecule has 0 atom stereocenters. The van der Waals surface area contributed by atoms with E-state index in [9.17, 15) is 18.0 Å².